The molecule has 6 heteroatoms. The highest BCUT2D eigenvalue weighted by Crippen LogP contribution is 2.27. The van der Waals surface area contributed by atoms with Gasteiger partial charge < -0.3 is 15.7 Å². The van der Waals surface area contributed by atoms with Crippen molar-refractivity contribution in [1.29, 1.82) is 0 Å². The van der Waals surface area contributed by atoms with Gasteiger partial charge in [-0.1, -0.05) is 32.0 Å². The Morgan fingerprint density at radius 3 is 2.71 bits per heavy atom. The molecule has 130 valence electrons. The van der Waals surface area contributed by atoms with E-state index < -0.39 is 12.0 Å². The summed E-state index contributed by atoms with van der Waals surface area (Å²) >= 11 is 0. The summed E-state index contributed by atoms with van der Waals surface area (Å²) in [5.74, 6) is -1.53. The van der Waals surface area contributed by atoms with Crippen LogP contribution in [0.5, 0.6) is 0 Å². The van der Waals surface area contributed by atoms with E-state index >= 15 is 0 Å². The molecule has 1 aliphatic heterocycles. The summed E-state index contributed by atoms with van der Waals surface area (Å²) in [6.07, 6.45) is 1.53. The number of fused-ring (bicyclic) bond motifs is 1. The number of carbonyl (C=O) groups excluding carboxylic acids is 2. The van der Waals surface area contributed by atoms with E-state index in [-0.39, 0.29) is 30.1 Å². The Hall–Kier alpha value is -2.37. The van der Waals surface area contributed by atoms with Crippen molar-refractivity contribution in [1.82, 2.24) is 5.32 Å². The summed E-state index contributed by atoms with van der Waals surface area (Å²) in [5, 5.41) is 14.6. The van der Waals surface area contributed by atoms with Crippen molar-refractivity contribution in [3.05, 3.63) is 29.8 Å². The van der Waals surface area contributed by atoms with Gasteiger partial charge in [-0.3, -0.25) is 9.59 Å². The average Bonchev–Trinajstić information content (AvgIpc) is 2.51. The maximum atomic E-state index is 12.1. The average molecular weight is 332 g/mol. The quantitative estimate of drug-likeness (QED) is 0.713. The lowest BCUT2D eigenvalue weighted by Gasteiger charge is -2.24. The van der Waals surface area contributed by atoms with Crippen LogP contribution in [0.4, 0.5) is 5.69 Å². The molecule has 2 amide bonds. The van der Waals surface area contributed by atoms with Crippen LogP contribution in [-0.4, -0.2) is 28.9 Å². The number of carbonyl (C=O) groups is 3. The molecule has 0 bridgehead atoms. The van der Waals surface area contributed by atoms with Crippen molar-refractivity contribution < 1.29 is 19.5 Å². The van der Waals surface area contributed by atoms with Crippen molar-refractivity contribution >= 4 is 23.5 Å². The molecular formula is C18H24N2O4. The highest BCUT2D eigenvalue weighted by atomic mass is 16.4. The Balaban J connectivity index is 1.87. The number of nitrogens with one attached hydrogen (secondary N) is 2. The Morgan fingerprint density at radius 2 is 2.04 bits per heavy atom. The Morgan fingerprint density at radius 1 is 1.33 bits per heavy atom. The van der Waals surface area contributed by atoms with Gasteiger partial charge in [0, 0.05) is 18.0 Å². The molecule has 0 saturated heterocycles. The van der Waals surface area contributed by atoms with E-state index in [1.807, 2.05) is 38.1 Å². The fourth-order valence-electron chi connectivity index (χ4n) is 2.91. The topological polar surface area (TPSA) is 95.5 Å². The van der Waals surface area contributed by atoms with Gasteiger partial charge in [0.05, 0.1) is 0 Å². The number of carboxylic acids is 1. The zero-order valence-corrected chi connectivity index (χ0v) is 14.0. The molecule has 3 N–H and O–H groups in total. The summed E-state index contributed by atoms with van der Waals surface area (Å²) in [5.41, 5.74) is 1.89. The van der Waals surface area contributed by atoms with Crippen LogP contribution >= 0.6 is 0 Å². The Labute approximate surface area is 141 Å². The molecule has 0 aromatic heterocycles. The maximum absolute atomic E-state index is 12.1. The van der Waals surface area contributed by atoms with Crippen LogP contribution in [0, 0.1) is 11.8 Å². The van der Waals surface area contributed by atoms with Crippen LogP contribution in [0.3, 0.4) is 0 Å². The third kappa shape index (κ3) is 4.81. The highest BCUT2D eigenvalue weighted by Gasteiger charge is 2.27. The summed E-state index contributed by atoms with van der Waals surface area (Å²) in [4.78, 5) is 35.3. The zero-order valence-electron chi connectivity index (χ0n) is 14.0. The largest absolute Gasteiger partial charge is 0.480 e. The molecule has 0 aliphatic carbocycles. The van der Waals surface area contributed by atoms with Crippen LogP contribution in [0.1, 0.15) is 38.7 Å². The van der Waals surface area contributed by atoms with Crippen LogP contribution in [0.15, 0.2) is 24.3 Å². The molecule has 1 heterocycles. The zero-order chi connectivity index (χ0) is 17.7. The number of aliphatic carboxylic acids is 1. The van der Waals surface area contributed by atoms with E-state index in [2.05, 4.69) is 10.6 Å². The Kier molecular flexibility index (Phi) is 5.95. The SMILES string of the molecule is CC(C)C[C@H](NC(=O)CCC1Cc2ccccc2NC1=O)C(=O)O. The predicted octanol–water partition coefficient (Wildman–Crippen LogP) is 2.19. The summed E-state index contributed by atoms with van der Waals surface area (Å²) in [6, 6.07) is 6.74. The smallest absolute Gasteiger partial charge is 0.326 e. The van der Waals surface area contributed by atoms with Gasteiger partial charge in [-0.25, -0.2) is 4.79 Å². The van der Waals surface area contributed by atoms with E-state index in [4.69, 9.17) is 5.11 Å². The number of hydrogen-bond donors (Lipinski definition) is 3. The maximum Gasteiger partial charge on any atom is 0.326 e. The molecular weight excluding hydrogens is 308 g/mol. The monoisotopic (exact) mass is 332 g/mol. The molecule has 2 rings (SSSR count). The van der Waals surface area contributed by atoms with Crippen molar-refractivity contribution in [3.8, 4) is 0 Å². The van der Waals surface area contributed by atoms with Crippen molar-refractivity contribution in [2.45, 2.75) is 45.6 Å². The normalized spacial score (nSPS) is 17.8. The molecule has 6 nitrogen and oxygen atoms in total. The third-order valence-corrected chi connectivity index (χ3v) is 4.17. The highest BCUT2D eigenvalue weighted by molar-refractivity contribution is 5.96. The van der Waals surface area contributed by atoms with E-state index in [9.17, 15) is 14.4 Å². The first-order valence-electron chi connectivity index (χ1n) is 8.27. The predicted molar refractivity (Wildman–Crippen MR) is 90.5 cm³/mol. The Bertz CT molecular complexity index is 627. The van der Waals surface area contributed by atoms with Gasteiger partial charge in [0.25, 0.3) is 0 Å². The van der Waals surface area contributed by atoms with Crippen LogP contribution in [0.25, 0.3) is 0 Å². The second-order valence-electron chi connectivity index (χ2n) is 6.67. The lowest BCUT2D eigenvalue weighted by Crippen LogP contribution is -2.42. The fraction of sp³-hybridized carbons (Fsp3) is 0.500. The van der Waals surface area contributed by atoms with Crippen LogP contribution in [0.2, 0.25) is 0 Å². The van der Waals surface area contributed by atoms with E-state index in [1.54, 1.807) is 0 Å². The molecule has 1 unspecified atom stereocenters. The molecule has 0 radical (unpaired) electrons. The second kappa shape index (κ2) is 7.95. The summed E-state index contributed by atoms with van der Waals surface area (Å²) < 4.78 is 0. The number of hydrogen-bond acceptors (Lipinski definition) is 3. The fourth-order valence-corrected chi connectivity index (χ4v) is 2.91. The van der Waals surface area contributed by atoms with Gasteiger partial charge in [-0.05, 0) is 36.8 Å². The van der Waals surface area contributed by atoms with E-state index in [1.165, 1.54) is 0 Å². The molecule has 0 spiro atoms. The standard InChI is InChI=1S/C18H24N2O4/c1-11(2)9-15(18(23)24)19-16(21)8-7-13-10-12-5-3-4-6-14(12)20-17(13)22/h3-6,11,13,15H,7-10H2,1-2H3,(H,19,21)(H,20,22)(H,23,24)/t13?,15-/m0/s1. The number of benzene rings is 1. The van der Waals surface area contributed by atoms with Gasteiger partial charge in [-0.2, -0.15) is 0 Å². The number of carboxylic acid groups (broad SMARTS) is 1. The van der Waals surface area contributed by atoms with Gasteiger partial charge in [0.2, 0.25) is 11.8 Å². The first kappa shape index (κ1) is 18.0. The second-order valence-corrected chi connectivity index (χ2v) is 6.67. The molecule has 2 atom stereocenters. The number of anilines is 1. The minimum absolute atomic E-state index is 0.0848. The molecule has 1 aromatic carbocycles. The molecule has 1 aliphatic rings. The first-order valence-corrected chi connectivity index (χ1v) is 8.27. The number of rotatable bonds is 7. The van der Waals surface area contributed by atoms with Crippen molar-refractivity contribution in [3.63, 3.8) is 0 Å². The van der Waals surface area contributed by atoms with Gasteiger partial charge >= 0.3 is 5.97 Å². The summed E-state index contributed by atoms with van der Waals surface area (Å²) in [6.45, 7) is 3.82. The number of para-hydroxylation sites is 1. The molecule has 0 fully saturated rings. The first-order chi connectivity index (χ1) is 11.4. The van der Waals surface area contributed by atoms with Crippen LogP contribution in [-0.2, 0) is 20.8 Å². The van der Waals surface area contributed by atoms with E-state index in [0.717, 1.165) is 11.3 Å². The minimum atomic E-state index is -1.03. The van der Waals surface area contributed by atoms with Crippen molar-refractivity contribution in [2.24, 2.45) is 11.8 Å². The van der Waals surface area contributed by atoms with Gasteiger partial charge in [0.1, 0.15) is 6.04 Å². The molecule has 0 saturated carbocycles. The van der Waals surface area contributed by atoms with Gasteiger partial charge in [0.15, 0.2) is 0 Å². The van der Waals surface area contributed by atoms with Crippen LogP contribution < -0.4 is 10.6 Å². The van der Waals surface area contributed by atoms with E-state index in [0.29, 0.717) is 19.3 Å². The third-order valence-electron chi connectivity index (χ3n) is 4.17. The molecule has 1 aromatic rings. The number of amides is 2. The molecule has 24 heavy (non-hydrogen) atoms. The van der Waals surface area contributed by atoms with Crippen molar-refractivity contribution in [2.75, 3.05) is 5.32 Å². The minimum Gasteiger partial charge on any atom is -0.480 e. The summed E-state index contributed by atoms with van der Waals surface area (Å²) in [7, 11) is 0. The lowest BCUT2D eigenvalue weighted by atomic mass is 9.89. The van der Waals surface area contributed by atoms with Gasteiger partial charge in [-0.15, -0.1) is 0 Å². The lowest BCUT2D eigenvalue weighted by molar-refractivity contribution is -0.142.